The molecule has 2 aliphatic heterocycles. The Morgan fingerprint density at radius 1 is 1.14 bits per heavy atom. The summed E-state index contributed by atoms with van der Waals surface area (Å²) in [5.74, 6) is 0.0966. The van der Waals surface area contributed by atoms with Gasteiger partial charge >= 0.3 is 5.69 Å². The SMILES string of the molecule is CC(=O)N1C[C@@H]2C[C@@]3(C)[C@H](CCC[C@@H]13)N2C(=O)Cn1c(=O)n(C)c2ccccc21. The van der Waals surface area contributed by atoms with Crippen LogP contribution in [0, 0.1) is 5.41 Å². The molecule has 7 heteroatoms. The Labute approximate surface area is 169 Å². The minimum Gasteiger partial charge on any atom is -0.337 e. The molecule has 2 saturated heterocycles. The molecule has 0 unspecified atom stereocenters. The number of nitrogens with zero attached hydrogens (tertiary/aromatic N) is 4. The van der Waals surface area contributed by atoms with E-state index in [9.17, 15) is 14.4 Å². The molecule has 0 radical (unpaired) electrons. The van der Waals surface area contributed by atoms with Gasteiger partial charge < -0.3 is 9.80 Å². The highest BCUT2D eigenvalue weighted by Gasteiger charge is 2.61. The lowest BCUT2D eigenvalue weighted by Crippen LogP contribution is -2.57. The van der Waals surface area contributed by atoms with E-state index in [4.69, 9.17) is 0 Å². The molecule has 1 aromatic carbocycles. The number of aromatic nitrogens is 2. The third-order valence-corrected chi connectivity index (χ3v) is 7.70. The molecule has 7 nitrogen and oxygen atoms in total. The molecule has 3 aliphatic rings. The van der Waals surface area contributed by atoms with Crippen LogP contribution in [0.4, 0.5) is 0 Å². The van der Waals surface area contributed by atoms with Gasteiger partial charge in [-0.1, -0.05) is 19.1 Å². The third kappa shape index (κ3) is 2.45. The quantitative estimate of drug-likeness (QED) is 0.776. The van der Waals surface area contributed by atoms with Crippen molar-refractivity contribution in [1.29, 1.82) is 0 Å². The largest absolute Gasteiger partial charge is 0.337 e. The molecule has 154 valence electrons. The van der Waals surface area contributed by atoms with Crippen molar-refractivity contribution in [3.8, 4) is 0 Å². The maximum Gasteiger partial charge on any atom is 0.329 e. The maximum absolute atomic E-state index is 13.5. The number of amides is 2. The van der Waals surface area contributed by atoms with Crippen LogP contribution in [0.25, 0.3) is 11.0 Å². The van der Waals surface area contributed by atoms with E-state index < -0.39 is 0 Å². The molecule has 5 rings (SSSR count). The molecule has 2 amide bonds. The average Bonchev–Trinajstić information content (AvgIpc) is 3.12. The minimum absolute atomic E-state index is 0.00627. The van der Waals surface area contributed by atoms with Crippen molar-refractivity contribution in [3.63, 3.8) is 0 Å². The number of hydrogen-bond donors (Lipinski definition) is 0. The van der Waals surface area contributed by atoms with Gasteiger partial charge in [0.05, 0.1) is 17.1 Å². The highest BCUT2D eigenvalue weighted by atomic mass is 16.2. The van der Waals surface area contributed by atoms with Crippen molar-refractivity contribution in [3.05, 3.63) is 34.7 Å². The number of fused-ring (bicyclic) bond motifs is 2. The minimum atomic E-state index is -0.167. The monoisotopic (exact) mass is 396 g/mol. The lowest BCUT2D eigenvalue weighted by molar-refractivity contribution is -0.137. The Balaban J connectivity index is 1.51. The van der Waals surface area contributed by atoms with Crippen LogP contribution in [0.5, 0.6) is 0 Å². The first-order valence-corrected chi connectivity index (χ1v) is 10.6. The number of piperidine rings is 1. The first-order chi connectivity index (χ1) is 13.8. The first-order valence-electron chi connectivity index (χ1n) is 10.6. The molecular weight excluding hydrogens is 368 g/mol. The Bertz CT molecular complexity index is 1070. The molecule has 1 saturated carbocycles. The number of imidazole rings is 1. The number of likely N-dealkylation sites (tertiary alicyclic amines) is 2. The molecule has 29 heavy (non-hydrogen) atoms. The van der Waals surface area contributed by atoms with Crippen molar-refractivity contribution in [2.45, 2.75) is 64.2 Å². The van der Waals surface area contributed by atoms with E-state index in [-0.39, 0.29) is 47.6 Å². The topological polar surface area (TPSA) is 67.6 Å². The zero-order valence-electron chi connectivity index (χ0n) is 17.3. The number of benzene rings is 1. The van der Waals surface area contributed by atoms with Crippen LogP contribution in [0.1, 0.15) is 39.5 Å². The molecule has 0 spiro atoms. The van der Waals surface area contributed by atoms with Crippen molar-refractivity contribution in [2.75, 3.05) is 6.54 Å². The van der Waals surface area contributed by atoms with E-state index in [1.54, 1.807) is 23.1 Å². The number of hydrogen-bond acceptors (Lipinski definition) is 3. The zero-order chi connectivity index (χ0) is 20.5. The number of para-hydroxylation sites is 2. The molecule has 2 aromatic rings. The summed E-state index contributed by atoms with van der Waals surface area (Å²) in [5, 5.41) is 0. The summed E-state index contributed by atoms with van der Waals surface area (Å²) in [6, 6.07) is 7.99. The normalized spacial score (nSPS) is 30.8. The molecule has 0 N–H and O–H groups in total. The summed E-state index contributed by atoms with van der Waals surface area (Å²) in [6.07, 6.45) is 3.97. The van der Waals surface area contributed by atoms with E-state index >= 15 is 0 Å². The second-order valence-electron chi connectivity index (χ2n) is 9.22. The maximum atomic E-state index is 13.5. The van der Waals surface area contributed by atoms with Crippen LogP contribution in [0.3, 0.4) is 0 Å². The number of carbonyl (C=O) groups excluding carboxylic acids is 2. The molecule has 1 aliphatic carbocycles. The second kappa shape index (κ2) is 6.21. The van der Waals surface area contributed by atoms with Gasteiger partial charge in [-0.05, 0) is 37.8 Å². The van der Waals surface area contributed by atoms with E-state index in [2.05, 4.69) is 6.92 Å². The van der Waals surface area contributed by atoms with E-state index in [0.717, 1.165) is 36.7 Å². The van der Waals surface area contributed by atoms with Crippen molar-refractivity contribution >= 4 is 22.8 Å². The highest BCUT2D eigenvalue weighted by Crippen LogP contribution is 2.54. The van der Waals surface area contributed by atoms with Gasteiger partial charge in [0.1, 0.15) is 6.54 Å². The molecule has 1 aromatic heterocycles. The third-order valence-electron chi connectivity index (χ3n) is 7.70. The predicted octanol–water partition coefficient (Wildman–Crippen LogP) is 1.73. The lowest BCUT2D eigenvalue weighted by Gasteiger charge is -2.49. The summed E-state index contributed by atoms with van der Waals surface area (Å²) < 4.78 is 3.19. The highest BCUT2D eigenvalue weighted by molar-refractivity contribution is 5.82. The zero-order valence-corrected chi connectivity index (χ0v) is 17.3. The van der Waals surface area contributed by atoms with Gasteiger partial charge in [-0.15, -0.1) is 0 Å². The van der Waals surface area contributed by atoms with E-state index in [1.807, 2.05) is 34.1 Å². The number of aryl methyl sites for hydroxylation is 1. The summed E-state index contributed by atoms with van der Waals surface area (Å²) in [7, 11) is 1.74. The Morgan fingerprint density at radius 3 is 2.55 bits per heavy atom. The molecule has 2 bridgehead atoms. The van der Waals surface area contributed by atoms with Crippen molar-refractivity contribution < 1.29 is 9.59 Å². The van der Waals surface area contributed by atoms with Crippen molar-refractivity contribution in [1.82, 2.24) is 18.9 Å². The number of rotatable bonds is 2. The number of carbonyl (C=O) groups is 2. The summed E-state index contributed by atoms with van der Waals surface area (Å²) in [5.41, 5.74) is 1.40. The summed E-state index contributed by atoms with van der Waals surface area (Å²) in [4.78, 5) is 42.6. The Morgan fingerprint density at radius 2 is 1.83 bits per heavy atom. The summed E-state index contributed by atoms with van der Waals surface area (Å²) in [6.45, 7) is 4.55. The van der Waals surface area contributed by atoms with Crippen LogP contribution in [-0.2, 0) is 23.2 Å². The van der Waals surface area contributed by atoms with Crippen LogP contribution in [0.2, 0.25) is 0 Å². The van der Waals surface area contributed by atoms with Gasteiger partial charge in [0.25, 0.3) is 0 Å². The molecule has 4 atom stereocenters. The lowest BCUT2D eigenvalue weighted by atomic mass is 9.66. The van der Waals surface area contributed by atoms with Crippen LogP contribution in [0.15, 0.2) is 29.1 Å². The van der Waals surface area contributed by atoms with E-state index in [1.165, 1.54) is 0 Å². The van der Waals surface area contributed by atoms with Crippen LogP contribution >= 0.6 is 0 Å². The fraction of sp³-hybridized carbons (Fsp3) is 0.591. The van der Waals surface area contributed by atoms with Crippen LogP contribution in [-0.4, -0.2) is 55.4 Å². The Hall–Kier alpha value is -2.57. The summed E-state index contributed by atoms with van der Waals surface area (Å²) >= 11 is 0. The molecular formula is C22H28N4O3. The van der Waals surface area contributed by atoms with Crippen molar-refractivity contribution in [2.24, 2.45) is 12.5 Å². The first kappa shape index (κ1) is 18.5. The van der Waals surface area contributed by atoms with Gasteiger partial charge in [-0.3, -0.25) is 18.7 Å². The van der Waals surface area contributed by atoms with Gasteiger partial charge in [0.15, 0.2) is 0 Å². The fourth-order valence-corrected chi connectivity index (χ4v) is 6.45. The van der Waals surface area contributed by atoms with Crippen LogP contribution < -0.4 is 5.69 Å². The average molecular weight is 396 g/mol. The Kier molecular flexibility index (Phi) is 3.95. The van der Waals surface area contributed by atoms with Gasteiger partial charge in [-0.25, -0.2) is 4.79 Å². The fourth-order valence-electron chi connectivity index (χ4n) is 6.45. The molecule has 3 heterocycles. The second-order valence-corrected chi connectivity index (χ2v) is 9.22. The van der Waals surface area contributed by atoms with Gasteiger partial charge in [0, 0.05) is 38.0 Å². The predicted molar refractivity (Wildman–Crippen MR) is 109 cm³/mol. The van der Waals surface area contributed by atoms with E-state index in [0.29, 0.717) is 6.54 Å². The van der Waals surface area contributed by atoms with Gasteiger partial charge in [-0.2, -0.15) is 0 Å². The standard InChI is InChI=1S/C22H28N4O3/c1-14(27)24-12-15-11-22(2)18(24)9-6-10-19(22)26(15)20(28)13-25-17-8-5-4-7-16(17)23(3)21(25)29/h4-5,7-8,15,18-19H,6,9-13H2,1-3H3/t15-,18+,19-,22+/m0/s1. The van der Waals surface area contributed by atoms with Gasteiger partial charge in [0.2, 0.25) is 11.8 Å². The smallest absolute Gasteiger partial charge is 0.329 e. The molecule has 3 fully saturated rings.